The summed E-state index contributed by atoms with van der Waals surface area (Å²) in [5, 5.41) is 8.79. The smallest absolute Gasteiger partial charge is 0.191 e. The van der Waals surface area contributed by atoms with Crippen molar-refractivity contribution in [3.05, 3.63) is 47.0 Å². The van der Waals surface area contributed by atoms with Crippen LogP contribution in [-0.4, -0.2) is 48.3 Å². The first-order valence-electron chi connectivity index (χ1n) is 9.60. The highest BCUT2D eigenvalue weighted by molar-refractivity contribution is 8.00. The van der Waals surface area contributed by atoms with Gasteiger partial charge in [0.25, 0.3) is 0 Å². The lowest BCUT2D eigenvalue weighted by Gasteiger charge is -2.15. The molecule has 0 atom stereocenters. The number of aliphatic imine (C=N–C) groups is 1. The van der Waals surface area contributed by atoms with Gasteiger partial charge in [-0.25, -0.2) is 4.98 Å². The molecule has 1 fully saturated rings. The number of hydrogen-bond acceptors (Lipinski definition) is 5. The number of hydrogen-bond donors (Lipinski definition) is 2. The molecular weight excluding hydrogens is 374 g/mol. The summed E-state index contributed by atoms with van der Waals surface area (Å²) < 4.78 is 1.14. The molecule has 0 aliphatic carbocycles. The highest BCUT2D eigenvalue weighted by Crippen LogP contribution is 2.20. The minimum Gasteiger partial charge on any atom is -0.356 e. The van der Waals surface area contributed by atoms with Crippen molar-refractivity contribution >= 4 is 29.1 Å². The second-order valence-electron chi connectivity index (χ2n) is 6.65. The number of guanidine groups is 1. The number of rotatable bonds is 9. The molecule has 1 aliphatic rings. The van der Waals surface area contributed by atoms with Crippen LogP contribution < -0.4 is 10.6 Å². The molecule has 1 aromatic heterocycles. The van der Waals surface area contributed by atoms with E-state index in [-0.39, 0.29) is 0 Å². The maximum absolute atomic E-state index is 4.31. The highest BCUT2D eigenvalue weighted by Gasteiger charge is 2.11. The zero-order valence-electron chi connectivity index (χ0n) is 16.0. The van der Waals surface area contributed by atoms with Crippen LogP contribution in [0.2, 0.25) is 0 Å². The normalized spacial score (nSPS) is 15.2. The van der Waals surface area contributed by atoms with E-state index in [1.54, 1.807) is 11.3 Å². The topological polar surface area (TPSA) is 52.6 Å². The molecular formula is C20H29N5S2. The summed E-state index contributed by atoms with van der Waals surface area (Å²) in [6.07, 6.45) is 5.63. The third kappa shape index (κ3) is 7.16. The number of nitrogens with one attached hydrogen (secondary N) is 2. The Morgan fingerprint density at radius 2 is 1.96 bits per heavy atom. The van der Waals surface area contributed by atoms with Crippen LogP contribution in [0, 0.1) is 0 Å². The third-order valence-corrected chi connectivity index (χ3v) is 6.61. The zero-order valence-corrected chi connectivity index (χ0v) is 17.6. The van der Waals surface area contributed by atoms with Gasteiger partial charge in [0.05, 0.1) is 0 Å². The molecule has 5 nitrogen and oxygen atoms in total. The van der Waals surface area contributed by atoms with Gasteiger partial charge < -0.3 is 10.6 Å². The second-order valence-corrected chi connectivity index (χ2v) is 8.89. The largest absolute Gasteiger partial charge is 0.356 e. The Hall–Kier alpha value is -1.57. The first kappa shape index (κ1) is 20.2. The van der Waals surface area contributed by atoms with E-state index in [1.807, 2.05) is 30.4 Å². The van der Waals surface area contributed by atoms with Gasteiger partial charge >= 0.3 is 0 Å². The SMILES string of the molecule is CN=C(NCCCSc1nccs1)NCc1ccc(CN2CCCC2)cc1. The quantitative estimate of drug-likeness (QED) is 0.290. The first-order valence-corrected chi connectivity index (χ1v) is 11.5. The van der Waals surface area contributed by atoms with Crippen LogP contribution in [0.5, 0.6) is 0 Å². The average Bonchev–Trinajstić information content (AvgIpc) is 3.39. The van der Waals surface area contributed by atoms with Crippen molar-refractivity contribution < 1.29 is 0 Å². The van der Waals surface area contributed by atoms with Crippen molar-refractivity contribution in [2.75, 3.05) is 32.4 Å². The van der Waals surface area contributed by atoms with Crippen LogP contribution in [0.25, 0.3) is 0 Å². The Morgan fingerprint density at radius 1 is 1.19 bits per heavy atom. The maximum atomic E-state index is 4.31. The molecule has 2 N–H and O–H groups in total. The minimum absolute atomic E-state index is 0.789. The predicted molar refractivity (Wildman–Crippen MR) is 117 cm³/mol. The maximum Gasteiger partial charge on any atom is 0.191 e. The number of benzene rings is 1. The van der Waals surface area contributed by atoms with E-state index >= 15 is 0 Å². The van der Waals surface area contributed by atoms with E-state index in [1.165, 1.54) is 37.1 Å². The van der Waals surface area contributed by atoms with Gasteiger partial charge in [-0.05, 0) is 43.5 Å². The molecule has 0 saturated carbocycles. The molecule has 1 saturated heterocycles. The van der Waals surface area contributed by atoms with Crippen LogP contribution in [0.1, 0.15) is 30.4 Å². The van der Waals surface area contributed by atoms with Crippen molar-refractivity contribution in [1.82, 2.24) is 20.5 Å². The summed E-state index contributed by atoms with van der Waals surface area (Å²) in [6, 6.07) is 8.94. The van der Waals surface area contributed by atoms with E-state index in [2.05, 4.69) is 49.8 Å². The summed E-state index contributed by atoms with van der Waals surface area (Å²) in [4.78, 5) is 11.1. The van der Waals surface area contributed by atoms with Crippen molar-refractivity contribution in [3.63, 3.8) is 0 Å². The minimum atomic E-state index is 0.789. The summed E-state index contributed by atoms with van der Waals surface area (Å²) in [7, 11) is 1.82. The molecule has 1 aromatic carbocycles. The molecule has 27 heavy (non-hydrogen) atoms. The van der Waals surface area contributed by atoms with Crippen LogP contribution in [0.4, 0.5) is 0 Å². The molecule has 0 amide bonds. The Kier molecular flexibility index (Phi) is 8.45. The fourth-order valence-electron chi connectivity index (χ4n) is 3.09. The van der Waals surface area contributed by atoms with Gasteiger partial charge in [-0.2, -0.15) is 0 Å². The molecule has 0 radical (unpaired) electrons. The van der Waals surface area contributed by atoms with Gasteiger partial charge in [0.15, 0.2) is 5.96 Å². The molecule has 7 heteroatoms. The van der Waals surface area contributed by atoms with Gasteiger partial charge in [-0.15, -0.1) is 11.3 Å². The Labute approximate surface area is 170 Å². The molecule has 1 aliphatic heterocycles. The van der Waals surface area contributed by atoms with E-state index in [0.717, 1.165) is 42.1 Å². The van der Waals surface area contributed by atoms with Gasteiger partial charge in [0, 0.05) is 44.0 Å². The van der Waals surface area contributed by atoms with Crippen molar-refractivity contribution in [1.29, 1.82) is 0 Å². The van der Waals surface area contributed by atoms with Crippen LogP contribution in [-0.2, 0) is 13.1 Å². The Bertz CT molecular complexity index is 679. The summed E-state index contributed by atoms with van der Waals surface area (Å²) in [6.45, 7) is 5.27. The van der Waals surface area contributed by atoms with Crippen LogP contribution in [0.15, 0.2) is 45.2 Å². The molecule has 2 aromatic rings. The van der Waals surface area contributed by atoms with Crippen molar-refractivity contribution in [2.24, 2.45) is 4.99 Å². The van der Waals surface area contributed by atoms with Crippen LogP contribution >= 0.6 is 23.1 Å². The zero-order chi connectivity index (χ0) is 18.7. The summed E-state index contributed by atoms with van der Waals surface area (Å²) in [5.41, 5.74) is 2.68. The van der Waals surface area contributed by atoms with Crippen LogP contribution in [0.3, 0.4) is 0 Å². The summed E-state index contributed by atoms with van der Waals surface area (Å²) >= 11 is 3.51. The fourth-order valence-corrected chi connectivity index (χ4v) is 4.74. The van der Waals surface area contributed by atoms with Crippen molar-refractivity contribution in [3.8, 4) is 0 Å². The second kappa shape index (κ2) is 11.3. The predicted octanol–water partition coefficient (Wildman–Crippen LogP) is 3.59. The first-order chi connectivity index (χ1) is 13.3. The Morgan fingerprint density at radius 3 is 2.67 bits per heavy atom. The van der Waals surface area contributed by atoms with Gasteiger partial charge in [-0.1, -0.05) is 36.0 Å². The van der Waals surface area contributed by atoms with Gasteiger partial charge in [0.2, 0.25) is 0 Å². The van der Waals surface area contributed by atoms with E-state index in [4.69, 9.17) is 0 Å². The standard InChI is InChI=1S/C20H29N5S2/c1-21-19(22-9-4-13-26-20-23-10-14-27-20)24-15-17-5-7-18(8-6-17)16-25-11-2-3-12-25/h5-8,10,14H,2-4,9,11-13,15-16H2,1H3,(H2,21,22,24). The molecule has 2 heterocycles. The van der Waals surface area contributed by atoms with E-state index in [0.29, 0.717) is 0 Å². The highest BCUT2D eigenvalue weighted by atomic mass is 32.2. The van der Waals surface area contributed by atoms with E-state index in [9.17, 15) is 0 Å². The lowest BCUT2D eigenvalue weighted by molar-refractivity contribution is 0.331. The molecule has 3 rings (SSSR count). The van der Waals surface area contributed by atoms with Gasteiger partial charge in [0.1, 0.15) is 4.34 Å². The molecule has 0 bridgehead atoms. The number of thiazole rings is 1. The molecule has 0 unspecified atom stereocenters. The molecule has 146 valence electrons. The monoisotopic (exact) mass is 403 g/mol. The number of likely N-dealkylation sites (tertiary alicyclic amines) is 1. The van der Waals surface area contributed by atoms with Gasteiger partial charge in [-0.3, -0.25) is 9.89 Å². The average molecular weight is 404 g/mol. The third-order valence-electron chi connectivity index (χ3n) is 4.56. The van der Waals surface area contributed by atoms with E-state index < -0.39 is 0 Å². The Balaban J connectivity index is 1.32. The fraction of sp³-hybridized carbons (Fsp3) is 0.500. The number of aromatic nitrogens is 1. The number of nitrogens with zero attached hydrogens (tertiary/aromatic N) is 3. The van der Waals surface area contributed by atoms with Crippen molar-refractivity contribution in [2.45, 2.75) is 36.7 Å². The lowest BCUT2D eigenvalue weighted by Crippen LogP contribution is -2.37. The lowest BCUT2D eigenvalue weighted by atomic mass is 10.1. The summed E-state index contributed by atoms with van der Waals surface area (Å²) in [5.74, 6) is 1.92. The molecule has 0 spiro atoms. The number of thioether (sulfide) groups is 1.